The molecule has 162 valence electrons. The predicted molar refractivity (Wildman–Crippen MR) is 108 cm³/mol. The molecular formula is C21H34N4O4. The fourth-order valence-corrected chi connectivity index (χ4v) is 4.47. The van der Waals surface area contributed by atoms with Crippen molar-refractivity contribution >= 4 is 11.9 Å². The molecule has 29 heavy (non-hydrogen) atoms. The molecule has 1 aromatic heterocycles. The van der Waals surface area contributed by atoms with Crippen molar-refractivity contribution in [3.05, 3.63) is 18.2 Å². The number of ether oxygens (including phenoxy) is 1. The smallest absolute Gasteiger partial charge is 0.337 e. The van der Waals surface area contributed by atoms with Gasteiger partial charge in [0.15, 0.2) is 6.10 Å². The lowest BCUT2D eigenvalue weighted by molar-refractivity contribution is -0.161. The van der Waals surface area contributed by atoms with Crippen molar-refractivity contribution in [1.82, 2.24) is 15.3 Å². The van der Waals surface area contributed by atoms with E-state index in [0.29, 0.717) is 18.8 Å². The zero-order valence-corrected chi connectivity index (χ0v) is 17.0. The van der Waals surface area contributed by atoms with Crippen LogP contribution in [-0.2, 0) is 20.7 Å². The van der Waals surface area contributed by atoms with Gasteiger partial charge in [-0.25, -0.2) is 9.78 Å². The zero-order valence-electron chi connectivity index (χ0n) is 17.0. The van der Waals surface area contributed by atoms with Gasteiger partial charge in [0.1, 0.15) is 6.10 Å². The minimum Gasteiger partial charge on any atom is -0.460 e. The molecular weight excluding hydrogens is 372 g/mol. The van der Waals surface area contributed by atoms with E-state index in [1.807, 2.05) is 0 Å². The minimum atomic E-state index is -1.37. The first kappa shape index (κ1) is 21.8. The maximum atomic E-state index is 12.7. The number of nitrogens with one attached hydrogen (secondary N) is 2. The molecule has 0 spiro atoms. The van der Waals surface area contributed by atoms with Crippen molar-refractivity contribution in [2.24, 2.45) is 11.7 Å². The van der Waals surface area contributed by atoms with Gasteiger partial charge in [-0.05, 0) is 38.0 Å². The highest BCUT2D eigenvalue weighted by Gasteiger charge is 2.34. The van der Waals surface area contributed by atoms with Crippen LogP contribution in [0.1, 0.15) is 69.9 Å². The number of hydrogen-bond acceptors (Lipinski definition) is 6. The number of aromatic nitrogens is 2. The van der Waals surface area contributed by atoms with E-state index in [-0.39, 0.29) is 12.0 Å². The van der Waals surface area contributed by atoms with Crippen LogP contribution in [0.25, 0.3) is 0 Å². The molecule has 3 atom stereocenters. The number of carbonyl (C=O) groups is 2. The number of esters is 1. The Labute approximate surface area is 172 Å². The SMILES string of the molecule is N[C@@H](Cc1cnc[nH]1)C(=O)N[C@@H](CC1CCCCC1)C(O)C(=O)OC1CCCC1. The summed E-state index contributed by atoms with van der Waals surface area (Å²) >= 11 is 0. The molecule has 2 aliphatic rings. The monoisotopic (exact) mass is 406 g/mol. The van der Waals surface area contributed by atoms with Crippen LogP contribution in [0.3, 0.4) is 0 Å². The van der Waals surface area contributed by atoms with Crippen LogP contribution in [0, 0.1) is 5.92 Å². The number of carbonyl (C=O) groups excluding carboxylic acids is 2. The lowest BCUT2D eigenvalue weighted by Crippen LogP contribution is -2.53. The van der Waals surface area contributed by atoms with E-state index in [2.05, 4.69) is 15.3 Å². The molecule has 0 saturated heterocycles. The van der Waals surface area contributed by atoms with Gasteiger partial charge < -0.3 is 25.9 Å². The van der Waals surface area contributed by atoms with Gasteiger partial charge in [0, 0.05) is 18.3 Å². The summed E-state index contributed by atoms with van der Waals surface area (Å²) in [5, 5.41) is 13.5. The second-order valence-corrected chi connectivity index (χ2v) is 8.53. The lowest BCUT2D eigenvalue weighted by Gasteiger charge is -2.30. The molecule has 0 radical (unpaired) electrons. The van der Waals surface area contributed by atoms with Crippen molar-refractivity contribution in [3.63, 3.8) is 0 Å². The molecule has 8 heteroatoms. The molecule has 0 bridgehead atoms. The molecule has 0 aliphatic heterocycles. The van der Waals surface area contributed by atoms with Crippen molar-refractivity contribution in [2.75, 3.05) is 0 Å². The van der Waals surface area contributed by atoms with Crippen LogP contribution in [0.5, 0.6) is 0 Å². The maximum Gasteiger partial charge on any atom is 0.337 e. The Balaban J connectivity index is 1.60. The number of nitrogens with zero attached hydrogens (tertiary/aromatic N) is 1. The van der Waals surface area contributed by atoms with Crippen LogP contribution >= 0.6 is 0 Å². The van der Waals surface area contributed by atoms with Crippen LogP contribution in [0.2, 0.25) is 0 Å². The molecule has 1 amide bonds. The number of rotatable bonds is 9. The summed E-state index contributed by atoms with van der Waals surface area (Å²) in [5.41, 5.74) is 6.80. The fraction of sp³-hybridized carbons (Fsp3) is 0.762. The van der Waals surface area contributed by atoms with Gasteiger partial charge in [-0.15, -0.1) is 0 Å². The summed E-state index contributed by atoms with van der Waals surface area (Å²) in [7, 11) is 0. The molecule has 1 unspecified atom stereocenters. The molecule has 1 aromatic rings. The van der Waals surface area contributed by atoms with Crippen molar-refractivity contribution < 1.29 is 19.4 Å². The number of amides is 1. The summed E-state index contributed by atoms with van der Waals surface area (Å²) in [6.45, 7) is 0. The van der Waals surface area contributed by atoms with Gasteiger partial charge in [0.05, 0.1) is 18.4 Å². The molecule has 0 aromatic carbocycles. The third-order valence-corrected chi connectivity index (χ3v) is 6.18. The predicted octanol–water partition coefficient (Wildman–Crippen LogP) is 1.58. The molecule has 2 saturated carbocycles. The Kier molecular flexibility index (Phi) is 8.06. The van der Waals surface area contributed by atoms with E-state index < -0.39 is 24.2 Å². The van der Waals surface area contributed by atoms with Gasteiger partial charge in [-0.1, -0.05) is 32.1 Å². The van der Waals surface area contributed by atoms with Gasteiger partial charge in [0.25, 0.3) is 0 Å². The van der Waals surface area contributed by atoms with Crippen LogP contribution in [0.4, 0.5) is 0 Å². The Hall–Kier alpha value is -1.93. The Morgan fingerprint density at radius 3 is 2.55 bits per heavy atom. The summed E-state index contributed by atoms with van der Waals surface area (Å²) < 4.78 is 5.49. The highest BCUT2D eigenvalue weighted by atomic mass is 16.6. The first-order valence-corrected chi connectivity index (χ1v) is 10.9. The van der Waals surface area contributed by atoms with Gasteiger partial charge in [0.2, 0.25) is 5.91 Å². The number of nitrogens with two attached hydrogens (primary N) is 1. The van der Waals surface area contributed by atoms with Gasteiger partial charge >= 0.3 is 5.97 Å². The van der Waals surface area contributed by atoms with E-state index >= 15 is 0 Å². The highest BCUT2D eigenvalue weighted by Crippen LogP contribution is 2.28. The number of aliphatic hydroxyl groups excluding tert-OH is 1. The third-order valence-electron chi connectivity index (χ3n) is 6.18. The average molecular weight is 407 g/mol. The number of H-pyrrole nitrogens is 1. The molecule has 1 heterocycles. The lowest BCUT2D eigenvalue weighted by atomic mass is 9.83. The first-order valence-electron chi connectivity index (χ1n) is 10.9. The van der Waals surface area contributed by atoms with Crippen LogP contribution < -0.4 is 11.1 Å². The largest absolute Gasteiger partial charge is 0.460 e. The maximum absolute atomic E-state index is 12.7. The second kappa shape index (κ2) is 10.7. The molecule has 2 fully saturated rings. The Morgan fingerprint density at radius 2 is 1.90 bits per heavy atom. The van der Waals surface area contributed by atoms with Crippen LogP contribution in [0.15, 0.2) is 12.5 Å². The molecule has 2 aliphatic carbocycles. The van der Waals surface area contributed by atoms with Gasteiger partial charge in [-0.3, -0.25) is 4.79 Å². The quantitative estimate of drug-likeness (QED) is 0.461. The third kappa shape index (κ3) is 6.54. The summed E-state index contributed by atoms with van der Waals surface area (Å²) in [5.74, 6) is -0.639. The fourth-order valence-electron chi connectivity index (χ4n) is 4.47. The van der Waals surface area contributed by atoms with Crippen LogP contribution in [-0.4, -0.2) is 51.2 Å². The van der Waals surface area contributed by atoms with E-state index in [1.54, 1.807) is 6.20 Å². The number of aliphatic hydroxyl groups is 1. The van der Waals surface area contributed by atoms with E-state index in [4.69, 9.17) is 10.5 Å². The van der Waals surface area contributed by atoms with E-state index in [1.165, 1.54) is 12.7 Å². The minimum absolute atomic E-state index is 0.120. The molecule has 5 N–H and O–H groups in total. The zero-order chi connectivity index (χ0) is 20.6. The number of hydrogen-bond donors (Lipinski definition) is 4. The topological polar surface area (TPSA) is 130 Å². The van der Waals surface area contributed by atoms with Crippen molar-refractivity contribution in [2.45, 2.75) is 94.9 Å². The highest BCUT2D eigenvalue weighted by molar-refractivity contribution is 5.83. The van der Waals surface area contributed by atoms with E-state index in [0.717, 1.165) is 57.1 Å². The normalized spacial score (nSPS) is 21.4. The Bertz CT molecular complexity index is 639. The first-order chi connectivity index (χ1) is 14.0. The van der Waals surface area contributed by atoms with Crippen molar-refractivity contribution in [1.29, 1.82) is 0 Å². The molecule has 3 rings (SSSR count). The second-order valence-electron chi connectivity index (χ2n) is 8.53. The standard InChI is InChI=1S/C21H34N4O4/c22-17(11-15-12-23-13-24-15)20(27)25-18(10-14-6-2-1-3-7-14)19(26)21(28)29-16-8-4-5-9-16/h12-14,16-19,26H,1-11,22H2,(H,23,24)(H,25,27)/t17-,18-,19?/m0/s1. The number of imidazole rings is 1. The number of aromatic amines is 1. The summed E-state index contributed by atoms with van der Waals surface area (Å²) in [4.78, 5) is 32.0. The molecule has 8 nitrogen and oxygen atoms in total. The van der Waals surface area contributed by atoms with E-state index in [9.17, 15) is 14.7 Å². The van der Waals surface area contributed by atoms with Gasteiger partial charge in [-0.2, -0.15) is 0 Å². The Morgan fingerprint density at radius 1 is 1.21 bits per heavy atom. The average Bonchev–Trinajstić information content (AvgIpc) is 3.42. The van der Waals surface area contributed by atoms with Crippen molar-refractivity contribution in [3.8, 4) is 0 Å². The summed E-state index contributed by atoms with van der Waals surface area (Å²) in [6.07, 6.45) is 11.9. The summed E-state index contributed by atoms with van der Waals surface area (Å²) in [6, 6.07) is -1.48.